The summed E-state index contributed by atoms with van der Waals surface area (Å²) in [5, 5.41) is 19.2. The Balaban J connectivity index is 1.90. The summed E-state index contributed by atoms with van der Waals surface area (Å²) in [7, 11) is -1.61. The Bertz CT molecular complexity index is 839. The van der Waals surface area contributed by atoms with Gasteiger partial charge < -0.3 is 9.84 Å². The quantitative estimate of drug-likeness (QED) is 0.780. The van der Waals surface area contributed by atoms with E-state index in [1.54, 1.807) is 19.2 Å². The number of nitrogens with zero attached hydrogens (tertiary/aromatic N) is 3. The fourth-order valence-corrected chi connectivity index (χ4v) is 6.29. The Kier molecular flexibility index (Phi) is 5.69. The van der Waals surface area contributed by atoms with Crippen molar-refractivity contribution in [1.29, 1.82) is 0 Å². The normalized spacial score (nSPS) is 22.4. The fourth-order valence-electron chi connectivity index (χ4n) is 2.62. The van der Waals surface area contributed by atoms with Crippen molar-refractivity contribution in [2.75, 3.05) is 25.2 Å². The SMILES string of the molecule is COCCn1c(S[C@@H]2CS(=O)(=O)C[C@@H]2O)nnc1-c1ccc(Cl)cc1. The maximum atomic E-state index is 11.7. The highest BCUT2D eigenvalue weighted by Crippen LogP contribution is 2.32. The number of hydrogen-bond donors (Lipinski definition) is 1. The summed E-state index contributed by atoms with van der Waals surface area (Å²) in [6, 6.07) is 7.23. The van der Waals surface area contributed by atoms with Crippen molar-refractivity contribution in [1.82, 2.24) is 14.8 Å². The van der Waals surface area contributed by atoms with Crippen LogP contribution in [0.1, 0.15) is 0 Å². The largest absolute Gasteiger partial charge is 0.391 e. The van der Waals surface area contributed by atoms with Crippen LogP contribution in [0.15, 0.2) is 29.4 Å². The van der Waals surface area contributed by atoms with Crippen LogP contribution in [-0.2, 0) is 21.1 Å². The smallest absolute Gasteiger partial charge is 0.191 e. The van der Waals surface area contributed by atoms with Crippen molar-refractivity contribution in [3.05, 3.63) is 29.3 Å². The zero-order chi connectivity index (χ0) is 18.0. The van der Waals surface area contributed by atoms with E-state index in [9.17, 15) is 13.5 Å². The van der Waals surface area contributed by atoms with E-state index in [0.717, 1.165) is 5.56 Å². The number of methoxy groups -OCH3 is 1. The fraction of sp³-hybridized carbons (Fsp3) is 0.467. The standard InChI is InChI=1S/C15H18ClN3O4S2/c1-23-7-6-19-14(10-2-4-11(16)5-3-10)17-18-15(19)24-13-9-25(21,22)8-12(13)20/h2-5,12-13,20H,6-9H2,1H3/t12-,13+/m0/s1. The summed E-state index contributed by atoms with van der Waals surface area (Å²) in [6.07, 6.45) is -0.901. The predicted octanol–water partition coefficient (Wildman–Crippen LogP) is 1.49. The van der Waals surface area contributed by atoms with Crippen molar-refractivity contribution < 1.29 is 18.3 Å². The highest BCUT2D eigenvalue weighted by molar-refractivity contribution is 8.01. The predicted molar refractivity (Wildman–Crippen MR) is 96.6 cm³/mol. The van der Waals surface area contributed by atoms with E-state index in [-0.39, 0.29) is 11.5 Å². The van der Waals surface area contributed by atoms with Crippen molar-refractivity contribution in [2.24, 2.45) is 0 Å². The maximum absolute atomic E-state index is 11.7. The van der Waals surface area contributed by atoms with Crippen LogP contribution in [0.2, 0.25) is 5.02 Å². The van der Waals surface area contributed by atoms with Gasteiger partial charge in [-0.05, 0) is 24.3 Å². The van der Waals surface area contributed by atoms with Gasteiger partial charge in [0.25, 0.3) is 0 Å². The van der Waals surface area contributed by atoms with E-state index >= 15 is 0 Å². The molecule has 10 heteroatoms. The molecule has 1 aliphatic heterocycles. The minimum Gasteiger partial charge on any atom is -0.391 e. The molecule has 0 amide bonds. The van der Waals surface area contributed by atoms with Crippen LogP contribution < -0.4 is 0 Å². The Morgan fingerprint density at radius 3 is 2.64 bits per heavy atom. The van der Waals surface area contributed by atoms with Gasteiger partial charge in [-0.3, -0.25) is 4.57 Å². The number of hydrogen-bond acceptors (Lipinski definition) is 7. The number of halogens is 1. The Hall–Kier alpha value is -1.13. The zero-order valence-electron chi connectivity index (χ0n) is 13.5. The van der Waals surface area contributed by atoms with Crippen LogP contribution in [0.4, 0.5) is 0 Å². The van der Waals surface area contributed by atoms with Gasteiger partial charge in [0.05, 0.1) is 36.0 Å². The maximum Gasteiger partial charge on any atom is 0.191 e. The van der Waals surface area contributed by atoms with Crippen LogP contribution in [-0.4, -0.2) is 64.9 Å². The molecule has 1 N–H and O–H groups in total. The van der Waals surface area contributed by atoms with Crippen molar-refractivity contribution in [3.63, 3.8) is 0 Å². The summed E-state index contributed by atoms with van der Waals surface area (Å²) >= 11 is 7.17. The van der Waals surface area contributed by atoms with Crippen LogP contribution in [0, 0.1) is 0 Å². The number of ether oxygens (including phenoxy) is 1. The number of thioether (sulfide) groups is 1. The van der Waals surface area contributed by atoms with Crippen molar-refractivity contribution in [2.45, 2.75) is 23.1 Å². The molecule has 1 aromatic carbocycles. The molecule has 2 aromatic rings. The van der Waals surface area contributed by atoms with Gasteiger partial charge in [0.15, 0.2) is 20.8 Å². The number of aliphatic hydroxyl groups excluding tert-OH is 1. The Morgan fingerprint density at radius 2 is 2.04 bits per heavy atom. The molecule has 7 nitrogen and oxygen atoms in total. The van der Waals surface area contributed by atoms with E-state index in [4.69, 9.17) is 16.3 Å². The molecule has 25 heavy (non-hydrogen) atoms. The molecule has 0 aliphatic carbocycles. The first-order valence-corrected chi connectivity index (χ1v) is 10.7. The average Bonchev–Trinajstić information content (AvgIpc) is 3.06. The molecule has 1 aliphatic rings. The molecular weight excluding hydrogens is 386 g/mol. The molecule has 0 saturated carbocycles. The first-order chi connectivity index (χ1) is 11.9. The molecule has 0 unspecified atom stereocenters. The van der Waals surface area contributed by atoms with Gasteiger partial charge in [0, 0.05) is 17.7 Å². The number of benzene rings is 1. The molecule has 1 aromatic heterocycles. The summed E-state index contributed by atoms with van der Waals surface area (Å²) in [6.45, 7) is 0.969. The molecule has 0 bridgehead atoms. The van der Waals surface area contributed by atoms with Crippen LogP contribution in [0.25, 0.3) is 11.4 Å². The molecule has 136 valence electrons. The van der Waals surface area contributed by atoms with Gasteiger partial charge in [0.1, 0.15) is 0 Å². The summed E-state index contributed by atoms with van der Waals surface area (Å²) < 4.78 is 30.4. The number of rotatable bonds is 6. The lowest BCUT2D eigenvalue weighted by Crippen LogP contribution is -2.21. The highest BCUT2D eigenvalue weighted by atomic mass is 35.5. The molecule has 3 rings (SSSR count). The van der Waals surface area contributed by atoms with Crippen LogP contribution in [0.3, 0.4) is 0 Å². The number of aliphatic hydroxyl groups is 1. The molecule has 0 spiro atoms. The van der Waals surface area contributed by atoms with E-state index in [1.165, 1.54) is 11.8 Å². The minimum absolute atomic E-state index is 0.0632. The number of sulfone groups is 1. The highest BCUT2D eigenvalue weighted by Gasteiger charge is 2.38. The second-order valence-corrected chi connectivity index (χ2v) is 9.55. The van der Waals surface area contributed by atoms with Gasteiger partial charge in [0.2, 0.25) is 0 Å². The molecule has 0 radical (unpaired) electrons. The minimum atomic E-state index is -3.21. The third-order valence-electron chi connectivity index (χ3n) is 3.87. The van der Waals surface area contributed by atoms with E-state index in [0.29, 0.717) is 29.2 Å². The van der Waals surface area contributed by atoms with Gasteiger partial charge >= 0.3 is 0 Å². The average molecular weight is 404 g/mol. The lowest BCUT2D eigenvalue weighted by molar-refractivity contribution is 0.185. The van der Waals surface area contributed by atoms with Gasteiger partial charge in [-0.15, -0.1) is 10.2 Å². The zero-order valence-corrected chi connectivity index (χ0v) is 15.9. The Labute approximate surface area is 155 Å². The third kappa shape index (κ3) is 4.35. The van der Waals surface area contributed by atoms with Crippen LogP contribution >= 0.6 is 23.4 Å². The molecular formula is C15H18ClN3O4S2. The first-order valence-electron chi connectivity index (χ1n) is 7.63. The third-order valence-corrected chi connectivity index (χ3v) is 7.34. The van der Waals surface area contributed by atoms with Gasteiger partial charge in [-0.25, -0.2) is 8.42 Å². The summed E-state index contributed by atoms with van der Waals surface area (Å²) in [4.78, 5) is 0. The van der Waals surface area contributed by atoms with E-state index in [1.807, 2.05) is 16.7 Å². The van der Waals surface area contributed by atoms with Gasteiger partial charge in [-0.1, -0.05) is 23.4 Å². The molecule has 2 atom stereocenters. The second-order valence-electron chi connectivity index (χ2n) is 5.76. The van der Waals surface area contributed by atoms with E-state index in [2.05, 4.69) is 10.2 Å². The van der Waals surface area contributed by atoms with E-state index < -0.39 is 21.2 Å². The van der Waals surface area contributed by atoms with Crippen molar-refractivity contribution >= 4 is 33.2 Å². The monoisotopic (exact) mass is 403 g/mol. The molecule has 1 fully saturated rings. The first kappa shape index (κ1) is 18.7. The van der Waals surface area contributed by atoms with Crippen molar-refractivity contribution in [3.8, 4) is 11.4 Å². The topological polar surface area (TPSA) is 94.3 Å². The Morgan fingerprint density at radius 1 is 1.32 bits per heavy atom. The molecule has 2 heterocycles. The lowest BCUT2D eigenvalue weighted by Gasteiger charge is -2.14. The second kappa shape index (κ2) is 7.63. The molecule has 1 saturated heterocycles. The summed E-state index contributed by atoms with van der Waals surface area (Å²) in [5.41, 5.74) is 0.847. The number of aromatic nitrogens is 3. The van der Waals surface area contributed by atoms with Crippen LogP contribution in [0.5, 0.6) is 0 Å². The van der Waals surface area contributed by atoms with Gasteiger partial charge in [-0.2, -0.15) is 0 Å². The lowest BCUT2D eigenvalue weighted by atomic mass is 10.2. The summed E-state index contributed by atoms with van der Waals surface area (Å²) in [5.74, 6) is 0.374.